The second kappa shape index (κ2) is 13.9. The average molecular weight is 646 g/mol. The number of hydrogen-bond acceptors (Lipinski definition) is 5. The van der Waals surface area contributed by atoms with E-state index >= 15 is 0 Å². The summed E-state index contributed by atoms with van der Waals surface area (Å²) in [7, 11) is -4.10. The van der Waals surface area contributed by atoms with Crippen LogP contribution in [0.5, 0.6) is 11.5 Å². The summed E-state index contributed by atoms with van der Waals surface area (Å²) >= 11 is 0. The van der Waals surface area contributed by atoms with Crippen LogP contribution < -0.4 is 8.85 Å². The van der Waals surface area contributed by atoms with Gasteiger partial charge < -0.3 is 13.7 Å². The molecule has 1 aliphatic carbocycles. The molecule has 3 aromatic rings. The van der Waals surface area contributed by atoms with Crippen LogP contribution in [0.4, 0.5) is 0 Å². The lowest BCUT2D eigenvalue weighted by atomic mass is 9.81. The van der Waals surface area contributed by atoms with Gasteiger partial charge in [-0.1, -0.05) is 96.1 Å². The number of rotatable bonds is 10. The molecule has 45 heavy (non-hydrogen) atoms. The number of hydrogen-bond donors (Lipinski definition) is 0. The van der Waals surface area contributed by atoms with Crippen LogP contribution in [0.1, 0.15) is 94.6 Å². The van der Waals surface area contributed by atoms with E-state index in [9.17, 15) is 4.79 Å². The highest BCUT2D eigenvalue weighted by Gasteiger charge is 2.41. The SMILES string of the molecule is CC(C)(C)[Si](C)(C)Oc1ccc([C@H]2CC[C@@H](N(Cc3ccccc3)OC(=O)c3ccccc3)CC2)c(O[Si](C)(C)C(C)(C)C)c1. The monoisotopic (exact) mass is 645 g/mol. The lowest BCUT2D eigenvalue weighted by Crippen LogP contribution is -2.45. The number of benzene rings is 3. The normalized spacial score (nSPS) is 18.0. The first-order valence-corrected chi connectivity index (χ1v) is 22.4. The molecule has 0 aromatic heterocycles. The Labute approximate surface area is 274 Å². The largest absolute Gasteiger partial charge is 0.543 e. The smallest absolute Gasteiger partial charge is 0.357 e. The fraction of sp³-hybridized carbons (Fsp3) is 0.500. The highest BCUT2D eigenvalue weighted by Crippen LogP contribution is 2.45. The van der Waals surface area contributed by atoms with Gasteiger partial charge in [-0.3, -0.25) is 0 Å². The minimum absolute atomic E-state index is 0.0821. The molecular weight excluding hydrogens is 591 g/mol. The minimum Gasteiger partial charge on any atom is -0.543 e. The zero-order chi connectivity index (χ0) is 33.0. The van der Waals surface area contributed by atoms with E-state index in [0.717, 1.165) is 42.7 Å². The summed E-state index contributed by atoms with van der Waals surface area (Å²) in [5.74, 6) is 1.95. The highest BCUT2D eigenvalue weighted by molar-refractivity contribution is 6.75. The van der Waals surface area contributed by atoms with Crippen molar-refractivity contribution in [3.63, 3.8) is 0 Å². The summed E-state index contributed by atoms with van der Waals surface area (Å²) in [5, 5.41) is 2.11. The lowest BCUT2D eigenvalue weighted by Gasteiger charge is -2.40. The molecule has 0 spiro atoms. The van der Waals surface area contributed by atoms with Crippen molar-refractivity contribution in [2.75, 3.05) is 0 Å². The first kappa shape index (κ1) is 35.0. The van der Waals surface area contributed by atoms with Crippen molar-refractivity contribution in [3.05, 3.63) is 95.6 Å². The van der Waals surface area contributed by atoms with Crippen LogP contribution in [-0.2, 0) is 11.4 Å². The van der Waals surface area contributed by atoms with Gasteiger partial charge in [0.15, 0.2) is 0 Å². The summed E-state index contributed by atoms with van der Waals surface area (Å²) in [6.45, 7) is 23.5. The van der Waals surface area contributed by atoms with E-state index in [4.69, 9.17) is 13.7 Å². The Hall–Kier alpha value is -2.88. The zero-order valence-electron chi connectivity index (χ0n) is 29.3. The first-order chi connectivity index (χ1) is 21.0. The molecule has 4 rings (SSSR count). The van der Waals surface area contributed by atoms with Crippen molar-refractivity contribution in [3.8, 4) is 11.5 Å². The van der Waals surface area contributed by atoms with Crippen molar-refractivity contribution in [1.29, 1.82) is 0 Å². The molecule has 3 aromatic carbocycles. The van der Waals surface area contributed by atoms with Crippen LogP contribution in [0.3, 0.4) is 0 Å². The fourth-order valence-electron chi connectivity index (χ4n) is 5.29. The molecule has 0 unspecified atom stereocenters. The van der Waals surface area contributed by atoms with E-state index in [-0.39, 0.29) is 22.1 Å². The van der Waals surface area contributed by atoms with E-state index in [1.807, 2.05) is 53.6 Å². The van der Waals surface area contributed by atoms with Crippen LogP contribution in [0.25, 0.3) is 0 Å². The molecule has 0 amide bonds. The molecule has 0 aliphatic heterocycles. The molecule has 1 fully saturated rings. The van der Waals surface area contributed by atoms with E-state index in [0.29, 0.717) is 18.0 Å². The van der Waals surface area contributed by atoms with E-state index in [1.54, 1.807) is 0 Å². The molecule has 1 aliphatic rings. The van der Waals surface area contributed by atoms with Gasteiger partial charge in [-0.25, -0.2) is 4.79 Å². The summed E-state index contributed by atoms with van der Waals surface area (Å²) in [5.41, 5.74) is 2.97. The Morgan fingerprint density at radius 1 is 0.733 bits per heavy atom. The maximum atomic E-state index is 13.1. The minimum atomic E-state index is -2.09. The maximum absolute atomic E-state index is 13.1. The Morgan fingerprint density at radius 2 is 1.27 bits per heavy atom. The summed E-state index contributed by atoms with van der Waals surface area (Å²) in [6, 6.07) is 26.3. The van der Waals surface area contributed by atoms with Gasteiger partial charge in [-0.2, -0.15) is 0 Å². The molecule has 5 nitrogen and oxygen atoms in total. The molecular formula is C38H55NO4Si2. The van der Waals surface area contributed by atoms with Crippen molar-refractivity contribution in [2.24, 2.45) is 0 Å². The van der Waals surface area contributed by atoms with Crippen LogP contribution in [0.15, 0.2) is 78.9 Å². The van der Waals surface area contributed by atoms with Gasteiger partial charge in [0.05, 0.1) is 12.1 Å². The third-order valence-corrected chi connectivity index (χ3v) is 19.0. The Kier molecular flexibility index (Phi) is 10.8. The summed E-state index contributed by atoms with van der Waals surface area (Å²) in [6.07, 6.45) is 3.85. The maximum Gasteiger partial charge on any atom is 0.357 e. The molecule has 0 saturated heterocycles. The summed E-state index contributed by atoms with van der Waals surface area (Å²) < 4.78 is 13.8. The van der Waals surface area contributed by atoms with Gasteiger partial charge >= 0.3 is 5.97 Å². The molecule has 7 heteroatoms. The van der Waals surface area contributed by atoms with Gasteiger partial charge in [0.1, 0.15) is 11.5 Å². The molecule has 0 bridgehead atoms. The number of carbonyl (C=O) groups is 1. The third kappa shape index (κ3) is 8.89. The van der Waals surface area contributed by atoms with Gasteiger partial charge in [-0.05, 0) is 97.2 Å². The standard InChI is InChI=1S/C38H55NO4Si2/c1-37(2,3)44(7,8)42-33-25-26-34(35(27-33)43-45(9,10)38(4,5)6)30-21-23-32(24-22-30)39(28-29-17-13-11-14-18-29)41-36(40)31-19-15-12-16-20-31/h11-20,25-27,30,32H,21-24,28H2,1-10H3/t30-,32+. The Bertz CT molecular complexity index is 1400. The van der Waals surface area contributed by atoms with Crippen LogP contribution in [-0.4, -0.2) is 33.7 Å². The average Bonchev–Trinajstić information content (AvgIpc) is 2.96. The second-order valence-electron chi connectivity index (χ2n) is 15.7. The summed E-state index contributed by atoms with van der Waals surface area (Å²) in [4.78, 5) is 19.2. The molecule has 0 atom stereocenters. The lowest BCUT2D eigenvalue weighted by molar-refractivity contribution is -0.152. The van der Waals surface area contributed by atoms with Crippen molar-refractivity contribution < 1.29 is 18.5 Å². The van der Waals surface area contributed by atoms with Gasteiger partial charge in [-0.15, -0.1) is 5.06 Å². The van der Waals surface area contributed by atoms with Crippen molar-refractivity contribution in [2.45, 2.75) is 122 Å². The molecule has 0 N–H and O–H groups in total. The van der Waals surface area contributed by atoms with Crippen molar-refractivity contribution >= 4 is 22.6 Å². The third-order valence-electron chi connectivity index (χ3n) is 10.3. The topological polar surface area (TPSA) is 48.0 Å². The van der Waals surface area contributed by atoms with Gasteiger partial charge in [0.25, 0.3) is 0 Å². The Balaban J connectivity index is 1.57. The van der Waals surface area contributed by atoms with Gasteiger partial charge in [0.2, 0.25) is 16.6 Å². The predicted molar refractivity (Wildman–Crippen MR) is 191 cm³/mol. The van der Waals surface area contributed by atoms with E-state index in [2.05, 4.69) is 98.1 Å². The van der Waals surface area contributed by atoms with Crippen molar-refractivity contribution in [1.82, 2.24) is 5.06 Å². The predicted octanol–water partition coefficient (Wildman–Crippen LogP) is 10.8. The quantitative estimate of drug-likeness (QED) is 0.162. The fourth-order valence-corrected chi connectivity index (χ4v) is 7.34. The van der Waals surface area contributed by atoms with E-state index < -0.39 is 16.6 Å². The van der Waals surface area contributed by atoms with Crippen LogP contribution >= 0.6 is 0 Å². The molecule has 1 saturated carbocycles. The number of nitrogens with zero attached hydrogens (tertiary/aromatic N) is 1. The first-order valence-electron chi connectivity index (χ1n) is 16.6. The van der Waals surface area contributed by atoms with Gasteiger partial charge in [0, 0.05) is 12.1 Å². The Morgan fingerprint density at radius 3 is 1.82 bits per heavy atom. The zero-order valence-corrected chi connectivity index (χ0v) is 31.3. The molecule has 0 heterocycles. The van der Waals surface area contributed by atoms with Crippen LogP contribution in [0.2, 0.25) is 36.3 Å². The van der Waals surface area contributed by atoms with E-state index in [1.165, 1.54) is 5.56 Å². The molecule has 244 valence electrons. The number of hydroxylamine groups is 2. The molecule has 0 radical (unpaired) electrons. The highest BCUT2D eigenvalue weighted by atomic mass is 28.4. The van der Waals surface area contributed by atoms with Crippen LogP contribution in [0, 0.1) is 0 Å². The number of carbonyl (C=O) groups excluding carboxylic acids is 1. The second-order valence-corrected chi connectivity index (χ2v) is 25.2.